The molecule has 0 aliphatic rings. The van der Waals surface area contributed by atoms with Crippen LogP contribution in [-0.2, 0) is 19.5 Å². The fourth-order valence-electron chi connectivity index (χ4n) is 3.97. The van der Waals surface area contributed by atoms with E-state index in [1.54, 1.807) is 60.8 Å². The van der Waals surface area contributed by atoms with E-state index in [1.807, 2.05) is 6.07 Å². The number of benzene rings is 2. The standard InChI is InChI=1S/C29H25FN6O3/c30-22-8-3-5-19(15-22)12-14-33-27-24(10-11-25(36-27)23-9-2-1-6-20(23)16-31)28(37)34-17-21-7-4-13-32-26(21)18-35-29(38)39/h1-11,13,15,35H,12,14,17-18H2,(H,33,36)(H,34,37)(H,38,39). The van der Waals surface area contributed by atoms with Crippen LogP contribution in [0.5, 0.6) is 0 Å². The molecule has 4 rings (SSSR count). The number of pyridine rings is 2. The van der Waals surface area contributed by atoms with Gasteiger partial charge in [0, 0.05) is 24.8 Å². The van der Waals surface area contributed by atoms with E-state index in [2.05, 4.69) is 32.0 Å². The lowest BCUT2D eigenvalue weighted by molar-refractivity contribution is 0.0951. The molecule has 9 nitrogen and oxygen atoms in total. The normalized spacial score (nSPS) is 10.4. The van der Waals surface area contributed by atoms with Crippen LogP contribution >= 0.6 is 0 Å². The van der Waals surface area contributed by atoms with Crippen molar-refractivity contribution in [3.05, 3.63) is 113 Å². The van der Waals surface area contributed by atoms with Crippen LogP contribution in [0, 0.1) is 17.1 Å². The molecule has 196 valence electrons. The largest absolute Gasteiger partial charge is 0.465 e. The third-order valence-electron chi connectivity index (χ3n) is 5.89. The Kier molecular flexibility index (Phi) is 8.77. The summed E-state index contributed by atoms with van der Waals surface area (Å²) < 4.78 is 13.6. The molecule has 0 unspecified atom stereocenters. The first-order chi connectivity index (χ1) is 18.9. The molecule has 0 radical (unpaired) electrons. The van der Waals surface area contributed by atoms with Gasteiger partial charge in [-0.25, -0.2) is 14.2 Å². The summed E-state index contributed by atoms with van der Waals surface area (Å²) in [5.41, 5.74) is 3.83. The van der Waals surface area contributed by atoms with Crippen molar-refractivity contribution < 1.29 is 19.1 Å². The Morgan fingerprint density at radius 2 is 1.82 bits per heavy atom. The first-order valence-electron chi connectivity index (χ1n) is 12.1. The summed E-state index contributed by atoms with van der Waals surface area (Å²) in [6.45, 7) is 0.502. The lowest BCUT2D eigenvalue weighted by atomic mass is 10.0. The number of hydrogen-bond acceptors (Lipinski definition) is 6. The van der Waals surface area contributed by atoms with Gasteiger partial charge in [0.15, 0.2) is 0 Å². The van der Waals surface area contributed by atoms with E-state index in [-0.39, 0.29) is 24.5 Å². The average molecular weight is 525 g/mol. The molecular formula is C29H25FN6O3. The van der Waals surface area contributed by atoms with Gasteiger partial charge in [-0.2, -0.15) is 5.26 Å². The van der Waals surface area contributed by atoms with Gasteiger partial charge < -0.3 is 21.1 Å². The molecule has 0 spiro atoms. The zero-order chi connectivity index (χ0) is 27.6. The predicted octanol–water partition coefficient (Wildman–Crippen LogP) is 4.51. The number of nitrogens with zero attached hydrogens (tertiary/aromatic N) is 3. The van der Waals surface area contributed by atoms with Gasteiger partial charge in [-0.15, -0.1) is 0 Å². The van der Waals surface area contributed by atoms with Crippen molar-refractivity contribution in [2.45, 2.75) is 19.5 Å². The summed E-state index contributed by atoms with van der Waals surface area (Å²) in [6, 6.07) is 22.3. The predicted molar refractivity (Wildman–Crippen MR) is 143 cm³/mol. The van der Waals surface area contributed by atoms with Gasteiger partial charge in [-0.05, 0) is 53.9 Å². The maximum absolute atomic E-state index is 13.6. The first-order valence-corrected chi connectivity index (χ1v) is 12.1. The van der Waals surface area contributed by atoms with Crippen LogP contribution < -0.4 is 16.0 Å². The highest BCUT2D eigenvalue weighted by Gasteiger charge is 2.16. The second kappa shape index (κ2) is 12.8. The minimum Gasteiger partial charge on any atom is -0.465 e. The number of carbonyl (C=O) groups excluding carboxylic acids is 1. The lowest BCUT2D eigenvalue weighted by Gasteiger charge is -2.15. The molecule has 0 aliphatic carbocycles. The molecule has 0 aliphatic heterocycles. The molecule has 0 atom stereocenters. The number of rotatable bonds is 10. The third kappa shape index (κ3) is 7.14. The van der Waals surface area contributed by atoms with Crippen molar-refractivity contribution in [2.75, 3.05) is 11.9 Å². The summed E-state index contributed by atoms with van der Waals surface area (Å²) in [5.74, 6) is -0.418. The van der Waals surface area contributed by atoms with Crippen LogP contribution in [0.3, 0.4) is 0 Å². The minimum absolute atomic E-state index is 0.00279. The fourth-order valence-corrected chi connectivity index (χ4v) is 3.97. The van der Waals surface area contributed by atoms with Gasteiger partial charge in [0.05, 0.1) is 35.1 Å². The topological polar surface area (TPSA) is 140 Å². The number of nitriles is 1. The van der Waals surface area contributed by atoms with Crippen LogP contribution in [0.15, 0.2) is 79.0 Å². The van der Waals surface area contributed by atoms with Crippen LogP contribution in [0.4, 0.5) is 15.0 Å². The number of nitrogens with one attached hydrogen (secondary N) is 3. The number of carboxylic acid groups (broad SMARTS) is 1. The fraction of sp³-hybridized carbons (Fsp3) is 0.138. The first kappa shape index (κ1) is 26.8. The number of aromatic nitrogens is 2. The van der Waals surface area contributed by atoms with Gasteiger partial charge in [0.25, 0.3) is 5.91 Å². The van der Waals surface area contributed by atoms with E-state index in [0.717, 1.165) is 5.56 Å². The van der Waals surface area contributed by atoms with Crippen molar-refractivity contribution in [3.63, 3.8) is 0 Å². The van der Waals surface area contributed by atoms with E-state index in [1.165, 1.54) is 12.1 Å². The van der Waals surface area contributed by atoms with E-state index in [9.17, 15) is 19.2 Å². The smallest absolute Gasteiger partial charge is 0.404 e. The van der Waals surface area contributed by atoms with Crippen LogP contribution in [0.25, 0.3) is 11.3 Å². The number of amides is 2. The average Bonchev–Trinajstić information content (AvgIpc) is 2.95. The Morgan fingerprint density at radius 3 is 2.62 bits per heavy atom. The number of carbonyl (C=O) groups is 2. The molecule has 0 bridgehead atoms. The van der Waals surface area contributed by atoms with Gasteiger partial charge in [0.1, 0.15) is 11.6 Å². The van der Waals surface area contributed by atoms with E-state index < -0.39 is 12.0 Å². The molecule has 0 fully saturated rings. The molecule has 39 heavy (non-hydrogen) atoms. The highest BCUT2D eigenvalue weighted by atomic mass is 19.1. The lowest BCUT2D eigenvalue weighted by Crippen LogP contribution is -2.27. The highest BCUT2D eigenvalue weighted by molar-refractivity contribution is 5.99. The Labute approximate surface area is 224 Å². The summed E-state index contributed by atoms with van der Waals surface area (Å²) in [5, 5.41) is 26.7. The summed E-state index contributed by atoms with van der Waals surface area (Å²) >= 11 is 0. The Hall–Kier alpha value is -5.30. The van der Waals surface area contributed by atoms with E-state index in [4.69, 9.17) is 5.11 Å². The molecule has 0 saturated heterocycles. The third-order valence-corrected chi connectivity index (χ3v) is 5.89. The van der Waals surface area contributed by atoms with Crippen LogP contribution in [-0.4, -0.2) is 33.6 Å². The molecule has 2 aromatic heterocycles. The summed E-state index contributed by atoms with van der Waals surface area (Å²) in [6.07, 6.45) is 0.871. The zero-order valence-electron chi connectivity index (χ0n) is 20.8. The van der Waals surface area contributed by atoms with Crippen molar-refractivity contribution in [3.8, 4) is 17.3 Å². The molecule has 2 amide bonds. The second-order valence-corrected chi connectivity index (χ2v) is 8.51. The maximum atomic E-state index is 13.6. The summed E-state index contributed by atoms with van der Waals surface area (Å²) in [4.78, 5) is 33.0. The minimum atomic E-state index is -1.17. The Morgan fingerprint density at radius 1 is 0.974 bits per heavy atom. The highest BCUT2D eigenvalue weighted by Crippen LogP contribution is 2.25. The van der Waals surface area contributed by atoms with Gasteiger partial charge >= 0.3 is 6.09 Å². The van der Waals surface area contributed by atoms with Crippen LogP contribution in [0.2, 0.25) is 0 Å². The monoisotopic (exact) mass is 524 g/mol. The molecule has 2 heterocycles. The molecule has 4 N–H and O–H groups in total. The van der Waals surface area contributed by atoms with Gasteiger partial charge in [0.2, 0.25) is 0 Å². The summed E-state index contributed by atoms with van der Waals surface area (Å²) in [7, 11) is 0. The van der Waals surface area contributed by atoms with Crippen molar-refractivity contribution in [1.29, 1.82) is 5.26 Å². The number of hydrogen-bond donors (Lipinski definition) is 4. The van der Waals surface area contributed by atoms with Gasteiger partial charge in [-0.3, -0.25) is 9.78 Å². The Balaban J connectivity index is 1.56. The SMILES string of the molecule is N#Cc1ccccc1-c1ccc(C(=O)NCc2cccnc2CNC(=O)O)c(NCCc2cccc(F)c2)n1. The second-order valence-electron chi connectivity index (χ2n) is 8.51. The van der Waals surface area contributed by atoms with Crippen molar-refractivity contribution in [2.24, 2.45) is 0 Å². The van der Waals surface area contributed by atoms with Crippen LogP contribution in [0.1, 0.15) is 32.7 Å². The quantitative estimate of drug-likeness (QED) is 0.239. The van der Waals surface area contributed by atoms with E-state index in [0.29, 0.717) is 46.9 Å². The Bertz CT molecular complexity index is 1540. The molecule has 10 heteroatoms. The van der Waals surface area contributed by atoms with E-state index >= 15 is 0 Å². The molecular weight excluding hydrogens is 499 g/mol. The molecule has 0 saturated carbocycles. The number of anilines is 1. The van der Waals surface area contributed by atoms with Crippen molar-refractivity contribution >= 4 is 17.8 Å². The molecule has 2 aromatic carbocycles. The van der Waals surface area contributed by atoms with Gasteiger partial charge in [-0.1, -0.05) is 36.4 Å². The zero-order valence-corrected chi connectivity index (χ0v) is 20.8. The maximum Gasteiger partial charge on any atom is 0.404 e. The van der Waals surface area contributed by atoms with Crippen molar-refractivity contribution in [1.82, 2.24) is 20.6 Å². The number of halogens is 1. The molecule has 4 aromatic rings.